The second kappa shape index (κ2) is 37.8. The van der Waals surface area contributed by atoms with Crippen LogP contribution in [-0.4, -0.2) is 264 Å². The van der Waals surface area contributed by atoms with E-state index >= 15 is 37.5 Å². The number of hydrogen-bond acceptors (Lipinski definition) is 13. The summed E-state index contributed by atoms with van der Waals surface area (Å²) in [5.41, 5.74) is -5.27. The third-order valence-corrected chi connectivity index (χ3v) is 22.1. The summed E-state index contributed by atoms with van der Waals surface area (Å²) in [6.07, 6.45) is -6.02. The summed E-state index contributed by atoms with van der Waals surface area (Å²) in [4.78, 5) is 191. The van der Waals surface area contributed by atoms with Crippen molar-refractivity contribution in [2.24, 2.45) is 11.8 Å². The number of alkyl halides is 6. The number of benzene rings is 2. The Morgan fingerprint density at radius 1 is 0.661 bits per heavy atom. The highest BCUT2D eigenvalue weighted by molar-refractivity contribution is 6.01. The van der Waals surface area contributed by atoms with Gasteiger partial charge in [-0.2, -0.15) is 26.3 Å². The lowest BCUT2D eigenvalue weighted by Crippen LogP contribution is -2.65. The first-order chi connectivity index (χ1) is 51.2. The van der Waals surface area contributed by atoms with Gasteiger partial charge in [0.2, 0.25) is 70.9 Å². The molecule has 33 heteroatoms. The maximum Gasteiger partial charge on any atom is 0.422 e. The van der Waals surface area contributed by atoms with Gasteiger partial charge in [0.15, 0.2) is 0 Å². The van der Waals surface area contributed by atoms with Crippen LogP contribution in [0.1, 0.15) is 159 Å². The van der Waals surface area contributed by atoms with E-state index in [2.05, 4.69) is 16.0 Å². The Labute approximate surface area is 631 Å². The second-order valence-electron chi connectivity index (χ2n) is 29.9. The van der Waals surface area contributed by atoms with E-state index in [0.29, 0.717) is 69.9 Å². The Kier molecular flexibility index (Phi) is 30.3. The SMILES string of the molecule is CCCC[C@H]1C(=O)N[C@@H]([C@@H](C)CC)C(=O)N(C)CC(=O)N(C)[C@H]2C/C=C\CCN(C2=O)[C@@H](Cc2ccc(C(F)(F)F)cc2)C(=O)N(C)CC(=O)N[C@@H](CCc2cc(F)c(C(F)(F)F)c(F)c2)C(=O)N2C[C@H](OCC)C[C@H]2C(=O)NC2(CCCC2)C(=O)N(C)[C@@H](C2CCCC2)C(=O)N(C)[C@H](C(=O)N(C)C)CC(=O)N1C. The Morgan fingerprint density at radius 2 is 1.28 bits per heavy atom. The van der Waals surface area contributed by atoms with E-state index in [1.54, 1.807) is 32.9 Å². The minimum absolute atomic E-state index is 0.0356. The van der Waals surface area contributed by atoms with E-state index in [1.807, 2.05) is 6.92 Å². The van der Waals surface area contributed by atoms with Gasteiger partial charge in [0.05, 0.1) is 31.2 Å². The minimum Gasteiger partial charge on any atom is -0.377 e. The molecule has 2 saturated carbocycles. The molecule has 7 rings (SSSR count). The molecule has 2 aromatic rings. The average molecular weight is 1550 g/mol. The Balaban J connectivity index is 1.36. The van der Waals surface area contributed by atoms with Crippen LogP contribution in [0, 0.1) is 23.5 Å². The van der Waals surface area contributed by atoms with Crippen molar-refractivity contribution in [2.45, 2.75) is 222 Å². The van der Waals surface area contributed by atoms with Gasteiger partial charge in [-0.25, -0.2) is 8.78 Å². The first-order valence-corrected chi connectivity index (χ1v) is 37.5. The number of hydrogen-bond donors (Lipinski definition) is 3. The predicted molar refractivity (Wildman–Crippen MR) is 383 cm³/mol. The van der Waals surface area contributed by atoms with Crippen molar-refractivity contribution in [2.75, 3.05) is 89.2 Å². The zero-order valence-corrected chi connectivity index (χ0v) is 64.3. The highest BCUT2D eigenvalue weighted by Gasteiger charge is 2.53. The van der Waals surface area contributed by atoms with Crippen molar-refractivity contribution in [3.63, 3.8) is 0 Å². The molecular weight excluding hydrogens is 1440 g/mol. The highest BCUT2D eigenvalue weighted by Crippen LogP contribution is 2.39. The second-order valence-corrected chi connectivity index (χ2v) is 29.9. The predicted octanol–water partition coefficient (Wildman–Crippen LogP) is 6.27. The van der Waals surface area contributed by atoms with Gasteiger partial charge in [0.25, 0.3) is 0 Å². The van der Waals surface area contributed by atoms with Crippen molar-refractivity contribution in [3.8, 4) is 0 Å². The van der Waals surface area contributed by atoms with E-state index in [4.69, 9.17) is 4.74 Å². The van der Waals surface area contributed by atoms with Crippen LogP contribution < -0.4 is 16.0 Å². The molecule has 0 unspecified atom stereocenters. The molecule has 4 fully saturated rings. The van der Waals surface area contributed by atoms with E-state index in [9.17, 15) is 55.1 Å². The number of nitrogens with one attached hydrogen (secondary N) is 3. The molecule has 2 aliphatic carbocycles. The average Bonchev–Trinajstić information content (AvgIpc) is 1.68. The summed E-state index contributed by atoms with van der Waals surface area (Å²) in [5.74, 6) is -15.1. The van der Waals surface area contributed by atoms with E-state index in [1.165, 1.54) is 59.1 Å². The minimum atomic E-state index is -5.46. The number of rotatable bonds is 14. The summed E-state index contributed by atoms with van der Waals surface area (Å²) in [6, 6.07) is -7.27. The summed E-state index contributed by atoms with van der Waals surface area (Å²) in [5, 5.41) is 8.35. The number of aryl methyl sites for hydroxylation is 1. The number of halogens is 8. The first-order valence-electron chi connectivity index (χ1n) is 37.5. The van der Waals surface area contributed by atoms with Crippen molar-refractivity contribution in [1.82, 2.24) is 60.0 Å². The van der Waals surface area contributed by atoms with Gasteiger partial charge in [0, 0.05) is 88.9 Å². The Hall–Kier alpha value is -8.78. The van der Waals surface area contributed by atoms with Gasteiger partial charge in [-0.1, -0.05) is 90.0 Å². The molecule has 0 aromatic heterocycles. The first kappa shape index (κ1) is 87.4. The summed E-state index contributed by atoms with van der Waals surface area (Å²) < 4.78 is 120. The Bertz CT molecular complexity index is 3640. The number of likely N-dealkylation sites (N-methyl/N-ethyl adjacent to an activating group) is 7. The number of amides is 12. The molecule has 1 spiro atoms. The molecule has 10 atom stereocenters. The van der Waals surface area contributed by atoms with Gasteiger partial charge < -0.3 is 64.8 Å². The number of carbonyl (C=O) groups is 12. The number of fused-ring (bicyclic) bond motifs is 3. The van der Waals surface area contributed by atoms with Crippen LogP contribution in [0.15, 0.2) is 48.6 Å². The monoisotopic (exact) mass is 1550 g/mol. The Morgan fingerprint density at radius 3 is 1.86 bits per heavy atom. The van der Waals surface area contributed by atoms with Gasteiger partial charge in [-0.05, 0) is 112 Å². The van der Waals surface area contributed by atoms with Crippen molar-refractivity contribution >= 4 is 70.9 Å². The number of carbonyl (C=O) groups excluding carboxylic acids is 12. The third-order valence-electron chi connectivity index (χ3n) is 22.1. The standard InChI is InChI=1S/C76H106F8N12O13/c1-13-16-26-54-65(100)86-63(45(4)14-2)71(106)90(8)44-61(99)92(10)55-27-18-17-23-36-95(70(55)105)58(39-46-28-31-49(32-29-46)75(79,80)81)69(104)89(7)43-59(97)85-53(33-30-47-37-51(77)62(52(78)38-47)76(82,83)84)67(102)96-42-50(109-15-3)40-56(96)66(101)87-74(34-21-22-35-74)73(108)94(12)64(48-24-19-20-25-48)72(107)93(11)57(68(103)88(5)6)41-60(98)91(54)9/h17-18,28-29,31-32,37-38,45,48,50,53-58,63-64H,13-16,19-27,30,33-36,39-44H2,1-12H3,(H,85,97)(H,86,100)(H,87,101)/b18-17-/t45-,50+,53-,54-,55-,56-,57-,58-,63-,64-/m0/s1. The lowest BCUT2D eigenvalue weighted by Gasteiger charge is -2.42. The molecular formula is C76H106F8N12O13. The third kappa shape index (κ3) is 21.2. The largest absolute Gasteiger partial charge is 0.422 e. The molecule has 2 saturated heterocycles. The fourth-order valence-corrected chi connectivity index (χ4v) is 15.5. The summed E-state index contributed by atoms with van der Waals surface area (Å²) in [6.45, 7) is 4.80. The van der Waals surface area contributed by atoms with Crippen LogP contribution in [0.25, 0.3) is 0 Å². The van der Waals surface area contributed by atoms with Crippen LogP contribution in [0.3, 0.4) is 0 Å². The van der Waals surface area contributed by atoms with Crippen LogP contribution in [0.4, 0.5) is 35.1 Å². The van der Waals surface area contributed by atoms with E-state index in [-0.39, 0.29) is 63.8 Å². The molecule has 3 N–H and O–H groups in total. The molecule has 2 aromatic carbocycles. The zero-order valence-electron chi connectivity index (χ0n) is 64.3. The van der Waals surface area contributed by atoms with Crippen molar-refractivity contribution in [3.05, 3.63) is 82.4 Å². The molecule has 109 heavy (non-hydrogen) atoms. The van der Waals surface area contributed by atoms with Gasteiger partial charge >= 0.3 is 12.4 Å². The molecule has 2 bridgehead atoms. The molecule has 3 heterocycles. The maximum absolute atomic E-state index is 15.7. The highest BCUT2D eigenvalue weighted by atomic mass is 19.4. The number of unbranched alkanes of at least 4 members (excludes halogenated alkanes) is 1. The van der Waals surface area contributed by atoms with Crippen LogP contribution in [-0.2, 0) is 87.5 Å². The zero-order chi connectivity index (χ0) is 80.9. The lowest BCUT2D eigenvalue weighted by molar-refractivity contribution is -0.156. The normalized spacial score (nSPS) is 26.0. The molecule has 25 nitrogen and oxygen atoms in total. The molecule has 3 aliphatic heterocycles. The van der Waals surface area contributed by atoms with E-state index in [0.717, 1.165) is 65.6 Å². The van der Waals surface area contributed by atoms with Crippen molar-refractivity contribution in [1.29, 1.82) is 0 Å². The van der Waals surface area contributed by atoms with Crippen LogP contribution in [0.2, 0.25) is 0 Å². The molecule has 5 aliphatic rings. The number of nitrogens with zero attached hydrogens (tertiary/aromatic N) is 9. The van der Waals surface area contributed by atoms with Gasteiger partial charge in [0.1, 0.15) is 71.1 Å². The lowest BCUT2D eigenvalue weighted by atomic mass is 9.90. The fraction of sp³-hybridized carbons (Fsp3) is 0.658. The smallest absolute Gasteiger partial charge is 0.377 e. The van der Waals surface area contributed by atoms with Gasteiger partial charge in [-0.15, -0.1) is 0 Å². The number of ether oxygens (including phenoxy) is 1. The topological polar surface area (TPSA) is 279 Å². The summed E-state index contributed by atoms with van der Waals surface area (Å²) >= 11 is 0. The fourth-order valence-electron chi connectivity index (χ4n) is 15.5. The van der Waals surface area contributed by atoms with E-state index < -0.39 is 222 Å². The summed E-state index contributed by atoms with van der Waals surface area (Å²) in [7, 11) is 10.7. The molecule has 12 amide bonds. The molecule has 604 valence electrons. The maximum atomic E-state index is 15.7. The van der Waals surface area contributed by atoms with Crippen LogP contribution in [0.5, 0.6) is 0 Å². The van der Waals surface area contributed by atoms with Gasteiger partial charge in [-0.3, -0.25) is 57.5 Å². The van der Waals surface area contributed by atoms with Crippen LogP contribution >= 0.6 is 0 Å². The van der Waals surface area contributed by atoms with Crippen molar-refractivity contribution < 1.29 is 97.4 Å². The quantitative estimate of drug-likeness (QED) is 0.139. The molecule has 0 radical (unpaired) electrons.